The van der Waals surface area contributed by atoms with E-state index in [1.54, 1.807) is 10.9 Å². The molecule has 1 unspecified atom stereocenters. The number of nitrogens with zero attached hydrogens (tertiary/aromatic N) is 2. The van der Waals surface area contributed by atoms with Gasteiger partial charge < -0.3 is 5.11 Å². The van der Waals surface area contributed by atoms with Crippen LogP contribution in [0.1, 0.15) is 22.8 Å². The summed E-state index contributed by atoms with van der Waals surface area (Å²) in [5, 5.41) is 14.5. The average Bonchev–Trinajstić information content (AvgIpc) is 3.13. The van der Waals surface area contributed by atoms with Gasteiger partial charge in [-0.05, 0) is 40.3 Å². The predicted octanol–water partition coefficient (Wildman–Crippen LogP) is 3.19. The number of rotatable bonds is 3. The van der Waals surface area contributed by atoms with Crippen molar-refractivity contribution in [2.24, 2.45) is 0 Å². The monoisotopic (exact) mass is 276 g/mol. The molecule has 0 saturated carbocycles. The van der Waals surface area contributed by atoms with Gasteiger partial charge in [0, 0.05) is 12.4 Å². The summed E-state index contributed by atoms with van der Waals surface area (Å²) in [7, 11) is 0. The van der Waals surface area contributed by atoms with Gasteiger partial charge in [-0.25, -0.2) is 0 Å². The molecule has 0 radical (unpaired) electrons. The first-order valence-electron chi connectivity index (χ1n) is 7.18. The van der Waals surface area contributed by atoms with Gasteiger partial charge in [-0.3, -0.25) is 4.68 Å². The number of fused-ring (bicyclic) bond motifs is 3. The number of hydrogen-bond donors (Lipinski definition) is 1. The Kier molecular flexibility index (Phi) is 2.86. The average molecular weight is 276 g/mol. The van der Waals surface area contributed by atoms with Crippen molar-refractivity contribution in [1.82, 2.24) is 9.78 Å². The predicted molar refractivity (Wildman–Crippen MR) is 81.9 cm³/mol. The van der Waals surface area contributed by atoms with Crippen molar-refractivity contribution in [3.05, 3.63) is 77.6 Å². The zero-order valence-electron chi connectivity index (χ0n) is 11.6. The van der Waals surface area contributed by atoms with Crippen LogP contribution in [0.3, 0.4) is 0 Å². The lowest BCUT2D eigenvalue weighted by Gasteiger charge is -2.12. The van der Waals surface area contributed by atoms with Crippen molar-refractivity contribution in [3.8, 4) is 11.1 Å². The molecule has 1 atom stereocenters. The van der Waals surface area contributed by atoms with Crippen LogP contribution in [-0.4, -0.2) is 14.9 Å². The Hall–Kier alpha value is -2.39. The lowest BCUT2D eigenvalue weighted by atomic mass is 10.0. The lowest BCUT2D eigenvalue weighted by molar-refractivity contribution is 0.151. The van der Waals surface area contributed by atoms with Gasteiger partial charge in [0.2, 0.25) is 0 Å². The first-order chi connectivity index (χ1) is 10.3. The summed E-state index contributed by atoms with van der Waals surface area (Å²) < 4.78 is 1.76. The molecular formula is C18H16N2O. The van der Waals surface area contributed by atoms with Crippen molar-refractivity contribution in [2.75, 3.05) is 0 Å². The number of aromatic nitrogens is 2. The van der Waals surface area contributed by atoms with Gasteiger partial charge in [0.05, 0.1) is 12.6 Å². The van der Waals surface area contributed by atoms with E-state index in [4.69, 9.17) is 0 Å². The van der Waals surface area contributed by atoms with Crippen LogP contribution in [0.5, 0.6) is 0 Å². The second-order valence-electron chi connectivity index (χ2n) is 5.49. The Morgan fingerprint density at radius 3 is 2.76 bits per heavy atom. The third-order valence-electron chi connectivity index (χ3n) is 4.12. The number of benzene rings is 2. The molecule has 1 aliphatic carbocycles. The molecule has 3 heteroatoms. The van der Waals surface area contributed by atoms with Crippen molar-refractivity contribution >= 4 is 0 Å². The van der Waals surface area contributed by atoms with Gasteiger partial charge in [-0.15, -0.1) is 0 Å². The summed E-state index contributed by atoms with van der Waals surface area (Å²) in [5.74, 6) is 0. The van der Waals surface area contributed by atoms with Crippen LogP contribution in [0.25, 0.3) is 11.1 Å². The van der Waals surface area contributed by atoms with E-state index in [0.717, 1.165) is 12.0 Å². The minimum absolute atomic E-state index is 0.485. The fourth-order valence-corrected chi connectivity index (χ4v) is 3.06. The maximum Gasteiger partial charge on any atom is 0.0985 e. The maximum atomic E-state index is 10.4. The first-order valence-corrected chi connectivity index (χ1v) is 7.18. The second-order valence-corrected chi connectivity index (χ2v) is 5.49. The SMILES string of the molecule is OC(Cn1cccn1)c1ccc2c(c1)Cc1ccccc1-2. The highest BCUT2D eigenvalue weighted by Gasteiger charge is 2.19. The van der Waals surface area contributed by atoms with E-state index < -0.39 is 6.10 Å². The Balaban J connectivity index is 1.64. The van der Waals surface area contributed by atoms with Crippen LogP contribution in [0.15, 0.2) is 60.9 Å². The van der Waals surface area contributed by atoms with Crippen molar-refractivity contribution < 1.29 is 5.11 Å². The molecule has 0 amide bonds. The minimum atomic E-state index is -0.529. The third kappa shape index (κ3) is 2.16. The van der Waals surface area contributed by atoms with Gasteiger partial charge in [-0.1, -0.05) is 42.5 Å². The van der Waals surface area contributed by atoms with Crippen LogP contribution in [0, 0.1) is 0 Å². The fourth-order valence-electron chi connectivity index (χ4n) is 3.06. The first kappa shape index (κ1) is 12.4. The molecule has 4 rings (SSSR count). The van der Waals surface area contributed by atoms with Crippen LogP contribution < -0.4 is 0 Å². The molecule has 0 bridgehead atoms. The summed E-state index contributed by atoms with van der Waals surface area (Å²) in [5.41, 5.74) is 6.23. The fraction of sp³-hybridized carbons (Fsp3) is 0.167. The molecule has 0 fully saturated rings. The smallest absolute Gasteiger partial charge is 0.0985 e. The second kappa shape index (κ2) is 4.86. The number of hydrogen-bond acceptors (Lipinski definition) is 2. The van der Waals surface area contributed by atoms with E-state index in [-0.39, 0.29) is 0 Å². The normalized spacial score (nSPS) is 13.8. The van der Waals surface area contributed by atoms with E-state index in [2.05, 4.69) is 41.5 Å². The number of aliphatic hydroxyl groups is 1. The van der Waals surface area contributed by atoms with E-state index in [1.807, 2.05) is 18.3 Å². The van der Waals surface area contributed by atoms with E-state index in [0.29, 0.717) is 6.54 Å². The summed E-state index contributed by atoms with van der Waals surface area (Å²) >= 11 is 0. The molecule has 3 nitrogen and oxygen atoms in total. The molecule has 1 heterocycles. The molecule has 0 aliphatic heterocycles. The third-order valence-corrected chi connectivity index (χ3v) is 4.12. The Morgan fingerprint density at radius 1 is 1.05 bits per heavy atom. The minimum Gasteiger partial charge on any atom is -0.386 e. The topological polar surface area (TPSA) is 38.0 Å². The van der Waals surface area contributed by atoms with Crippen LogP contribution in [0.2, 0.25) is 0 Å². The molecule has 2 aromatic carbocycles. The van der Waals surface area contributed by atoms with E-state index in [1.165, 1.54) is 22.3 Å². The molecule has 1 N–H and O–H groups in total. The molecule has 0 saturated heterocycles. The van der Waals surface area contributed by atoms with Gasteiger partial charge in [-0.2, -0.15) is 5.10 Å². The lowest BCUT2D eigenvalue weighted by Crippen LogP contribution is -2.09. The van der Waals surface area contributed by atoms with Crippen molar-refractivity contribution in [2.45, 2.75) is 19.1 Å². The molecule has 1 aromatic heterocycles. The van der Waals surface area contributed by atoms with Crippen LogP contribution in [0.4, 0.5) is 0 Å². The Morgan fingerprint density at radius 2 is 1.90 bits per heavy atom. The highest BCUT2D eigenvalue weighted by atomic mass is 16.3. The molecular weight excluding hydrogens is 260 g/mol. The zero-order valence-corrected chi connectivity index (χ0v) is 11.6. The molecule has 21 heavy (non-hydrogen) atoms. The molecule has 104 valence electrons. The van der Waals surface area contributed by atoms with Crippen LogP contribution >= 0.6 is 0 Å². The van der Waals surface area contributed by atoms with E-state index >= 15 is 0 Å². The van der Waals surface area contributed by atoms with Crippen molar-refractivity contribution in [3.63, 3.8) is 0 Å². The summed E-state index contributed by atoms with van der Waals surface area (Å²) in [4.78, 5) is 0. The molecule has 0 spiro atoms. The summed E-state index contributed by atoms with van der Waals surface area (Å²) in [6.07, 6.45) is 4.02. The Labute approximate surface area is 123 Å². The maximum absolute atomic E-state index is 10.4. The van der Waals surface area contributed by atoms with E-state index in [9.17, 15) is 5.11 Å². The molecule has 3 aromatic rings. The largest absolute Gasteiger partial charge is 0.386 e. The van der Waals surface area contributed by atoms with Gasteiger partial charge >= 0.3 is 0 Å². The molecule has 1 aliphatic rings. The Bertz CT molecular complexity index is 778. The highest BCUT2D eigenvalue weighted by Crippen LogP contribution is 2.37. The number of aliphatic hydroxyl groups excluding tert-OH is 1. The summed E-state index contributed by atoms with van der Waals surface area (Å²) in [6, 6.07) is 16.6. The quantitative estimate of drug-likeness (QED) is 0.624. The van der Waals surface area contributed by atoms with Gasteiger partial charge in [0.15, 0.2) is 0 Å². The van der Waals surface area contributed by atoms with Gasteiger partial charge in [0.1, 0.15) is 0 Å². The standard InChI is InChI=1S/C18H16N2O/c21-18(12-20-9-3-8-19-20)14-6-7-17-15(11-14)10-13-4-1-2-5-16(13)17/h1-9,11,18,21H,10,12H2. The van der Waals surface area contributed by atoms with Crippen molar-refractivity contribution in [1.29, 1.82) is 0 Å². The summed E-state index contributed by atoms with van der Waals surface area (Å²) in [6.45, 7) is 0.485. The van der Waals surface area contributed by atoms with Gasteiger partial charge in [0.25, 0.3) is 0 Å². The zero-order chi connectivity index (χ0) is 14.2. The van der Waals surface area contributed by atoms with Crippen LogP contribution in [-0.2, 0) is 13.0 Å². The highest BCUT2D eigenvalue weighted by molar-refractivity contribution is 5.76.